The molecule has 0 aliphatic carbocycles. The highest BCUT2D eigenvalue weighted by atomic mass is 32.2. The van der Waals surface area contributed by atoms with Gasteiger partial charge in [-0.3, -0.25) is 13.9 Å². The van der Waals surface area contributed by atoms with Crippen LogP contribution in [0.3, 0.4) is 0 Å². The molecule has 0 aliphatic rings. The monoisotopic (exact) mass is 392 g/mol. The fourth-order valence-electron chi connectivity index (χ4n) is 2.52. The third-order valence-electron chi connectivity index (χ3n) is 3.92. The van der Waals surface area contributed by atoms with Crippen LogP contribution in [0.25, 0.3) is 0 Å². The van der Waals surface area contributed by atoms with Crippen LogP contribution < -0.4 is 11.2 Å². The lowest BCUT2D eigenvalue weighted by molar-refractivity contribution is -0.137. The molecule has 0 saturated heterocycles. The summed E-state index contributed by atoms with van der Waals surface area (Å²) >= 11 is 1.21. The van der Waals surface area contributed by atoms with E-state index in [1.54, 1.807) is 0 Å². The molecule has 140 valence electrons. The molecule has 1 heterocycles. The minimum atomic E-state index is -4.47. The first kappa shape index (κ1) is 19.0. The molecule has 27 heavy (non-hydrogen) atoms. The Labute approximate surface area is 156 Å². The van der Waals surface area contributed by atoms with E-state index in [9.17, 15) is 22.8 Å². The van der Waals surface area contributed by atoms with Crippen LogP contribution in [0.2, 0.25) is 0 Å². The number of hydrogen-bond acceptors (Lipinski definition) is 3. The third-order valence-corrected chi connectivity index (χ3v) is 4.98. The molecular weight excluding hydrogens is 377 g/mol. The van der Waals surface area contributed by atoms with Gasteiger partial charge in [0.15, 0.2) is 0 Å². The zero-order chi connectivity index (χ0) is 19.6. The summed E-state index contributed by atoms with van der Waals surface area (Å²) in [4.78, 5) is 25.4. The molecular formula is C19H15F3N2O2S. The predicted octanol–water partition coefficient (Wildman–Crippen LogP) is 3.77. The van der Waals surface area contributed by atoms with Crippen molar-refractivity contribution in [2.24, 2.45) is 7.05 Å². The Balaban J connectivity index is 2.05. The highest BCUT2D eigenvalue weighted by molar-refractivity contribution is 7.99. The maximum Gasteiger partial charge on any atom is 0.416 e. The Kier molecular flexibility index (Phi) is 5.27. The first-order chi connectivity index (χ1) is 12.8. The lowest BCUT2D eigenvalue weighted by Gasteiger charge is -2.15. The number of hydrogen-bond donors (Lipinski definition) is 0. The summed E-state index contributed by atoms with van der Waals surface area (Å²) in [6.45, 7) is -0.0773. The maximum atomic E-state index is 13.0. The van der Waals surface area contributed by atoms with Gasteiger partial charge in [0.05, 0.1) is 17.1 Å². The van der Waals surface area contributed by atoms with Crippen LogP contribution in [0.15, 0.2) is 80.2 Å². The van der Waals surface area contributed by atoms with E-state index in [1.807, 2.05) is 30.3 Å². The lowest BCUT2D eigenvalue weighted by Crippen LogP contribution is -2.38. The van der Waals surface area contributed by atoms with Crippen LogP contribution in [0.5, 0.6) is 0 Å². The van der Waals surface area contributed by atoms with Gasteiger partial charge in [0.2, 0.25) is 0 Å². The second-order valence-electron chi connectivity index (χ2n) is 5.86. The predicted molar refractivity (Wildman–Crippen MR) is 97.1 cm³/mol. The SMILES string of the molecule is Cn1c(=O)cc(Sc2ccccc2)n(Cc2cccc(C(F)(F)F)c2)c1=O. The number of aromatic nitrogens is 2. The second-order valence-corrected chi connectivity index (χ2v) is 6.96. The van der Waals surface area contributed by atoms with Crippen molar-refractivity contribution in [3.05, 3.63) is 92.6 Å². The Morgan fingerprint density at radius 1 is 0.963 bits per heavy atom. The van der Waals surface area contributed by atoms with Gasteiger partial charge in [0.25, 0.3) is 5.56 Å². The largest absolute Gasteiger partial charge is 0.416 e. The molecule has 0 radical (unpaired) electrons. The van der Waals surface area contributed by atoms with Gasteiger partial charge in [-0.2, -0.15) is 13.2 Å². The van der Waals surface area contributed by atoms with Crippen molar-refractivity contribution < 1.29 is 13.2 Å². The molecule has 1 aromatic heterocycles. The van der Waals surface area contributed by atoms with Gasteiger partial charge in [0.1, 0.15) is 0 Å². The van der Waals surface area contributed by atoms with Gasteiger partial charge in [-0.15, -0.1) is 0 Å². The van der Waals surface area contributed by atoms with Crippen LogP contribution in [-0.4, -0.2) is 9.13 Å². The molecule has 3 rings (SSSR count). The van der Waals surface area contributed by atoms with Crippen molar-refractivity contribution in [2.75, 3.05) is 0 Å². The normalized spacial score (nSPS) is 11.6. The highest BCUT2D eigenvalue weighted by Crippen LogP contribution is 2.30. The summed E-state index contributed by atoms with van der Waals surface area (Å²) in [6.07, 6.45) is -4.47. The van der Waals surface area contributed by atoms with Crippen LogP contribution in [-0.2, 0) is 19.8 Å². The molecule has 0 N–H and O–H groups in total. The van der Waals surface area contributed by atoms with E-state index in [0.717, 1.165) is 21.6 Å². The van der Waals surface area contributed by atoms with Crippen LogP contribution in [0.4, 0.5) is 13.2 Å². The number of alkyl halides is 3. The minimum absolute atomic E-state index is 0.0773. The molecule has 0 saturated carbocycles. The summed E-state index contributed by atoms with van der Waals surface area (Å²) < 4.78 is 41.1. The molecule has 0 spiro atoms. The van der Waals surface area contributed by atoms with Gasteiger partial charge in [-0.05, 0) is 29.8 Å². The van der Waals surface area contributed by atoms with E-state index >= 15 is 0 Å². The minimum Gasteiger partial charge on any atom is -0.283 e. The van der Waals surface area contributed by atoms with Crippen LogP contribution >= 0.6 is 11.8 Å². The van der Waals surface area contributed by atoms with Gasteiger partial charge >= 0.3 is 11.9 Å². The van der Waals surface area contributed by atoms with E-state index in [2.05, 4.69) is 0 Å². The standard InChI is InChI=1S/C19H15F3N2O2S/c1-23-16(25)11-17(27-15-8-3-2-4-9-15)24(18(23)26)12-13-6-5-7-14(10-13)19(20,21)22/h2-11H,12H2,1H3. The number of benzene rings is 2. The Morgan fingerprint density at radius 3 is 2.33 bits per heavy atom. The molecule has 0 unspecified atom stereocenters. The van der Waals surface area contributed by atoms with Gasteiger partial charge in [-0.25, -0.2) is 4.79 Å². The number of nitrogens with zero attached hydrogens (tertiary/aromatic N) is 2. The first-order valence-corrected chi connectivity index (χ1v) is 8.77. The summed E-state index contributed by atoms with van der Waals surface area (Å²) in [5.41, 5.74) is -1.52. The van der Waals surface area contributed by atoms with Crippen molar-refractivity contribution in [2.45, 2.75) is 22.6 Å². The van der Waals surface area contributed by atoms with E-state index in [1.165, 1.54) is 41.6 Å². The Bertz CT molecular complexity index is 1070. The van der Waals surface area contributed by atoms with Crippen molar-refractivity contribution in [1.82, 2.24) is 9.13 Å². The van der Waals surface area contributed by atoms with Crippen molar-refractivity contribution in [3.63, 3.8) is 0 Å². The van der Waals surface area contributed by atoms with Gasteiger partial charge < -0.3 is 0 Å². The molecule has 0 amide bonds. The average molecular weight is 392 g/mol. The van der Waals surface area contributed by atoms with Crippen molar-refractivity contribution in [1.29, 1.82) is 0 Å². The maximum absolute atomic E-state index is 13.0. The van der Waals surface area contributed by atoms with Crippen LogP contribution in [0, 0.1) is 0 Å². The van der Waals surface area contributed by atoms with Gasteiger partial charge in [-0.1, -0.05) is 42.1 Å². The van der Waals surface area contributed by atoms with Crippen LogP contribution in [0.1, 0.15) is 11.1 Å². The quantitative estimate of drug-likeness (QED) is 0.635. The lowest BCUT2D eigenvalue weighted by atomic mass is 10.1. The summed E-state index contributed by atoms with van der Waals surface area (Å²) in [5, 5.41) is 0.367. The van der Waals surface area contributed by atoms with E-state index < -0.39 is 23.0 Å². The molecule has 3 aromatic rings. The zero-order valence-corrected chi connectivity index (χ0v) is 15.1. The summed E-state index contributed by atoms with van der Waals surface area (Å²) in [5.74, 6) is 0. The van der Waals surface area contributed by atoms with Crippen molar-refractivity contribution in [3.8, 4) is 0 Å². The fraction of sp³-hybridized carbons (Fsp3) is 0.158. The smallest absolute Gasteiger partial charge is 0.283 e. The Hall–Kier alpha value is -2.74. The molecule has 8 heteroatoms. The second kappa shape index (κ2) is 7.48. The summed E-state index contributed by atoms with van der Waals surface area (Å²) in [7, 11) is 1.34. The summed E-state index contributed by atoms with van der Waals surface area (Å²) in [6, 6.07) is 15.2. The first-order valence-electron chi connectivity index (χ1n) is 7.95. The zero-order valence-electron chi connectivity index (χ0n) is 14.2. The fourth-order valence-corrected chi connectivity index (χ4v) is 3.47. The van der Waals surface area contributed by atoms with E-state index in [4.69, 9.17) is 0 Å². The molecule has 2 aromatic carbocycles. The molecule has 0 atom stereocenters. The van der Waals surface area contributed by atoms with E-state index in [-0.39, 0.29) is 6.54 Å². The molecule has 0 aliphatic heterocycles. The number of halogens is 3. The highest BCUT2D eigenvalue weighted by Gasteiger charge is 2.30. The van der Waals surface area contributed by atoms with E-state index in [0.29, 0.717) is 10.6 Å². The molecule has 4 nitrogen and oxygen atoms in total. The molecule has 0 fully saturated rings. The number of rotatable bonds is 4. The topological polar surface area (TPSA) is 44.0 Å². The van der Waals surface area contributed by atoms with Gasteiger partial charge in [0, 0.05) is 18.0 Å². The third kappa shape index (κ3) is 4.33. The average Bonchev–Trinajstić information content (AvgIpc) is 2.64. The molecule has 0 bridgehead atoms. The van der Waals surface area contributed by atoms with Crippen molar-refractivity contribution >= 4 is 11.8 Å². The Morgan fingerprint density at radius 2 is 1.67 bits per heavy atom.